The van der Waals surface area contributed by atoms with Gasteiger partial charge in [-0.05, 0) is 85.8 Å². The van der Waals surface area contributed by atoms with Crippen LogP contribution in [-0.2, 0) is 33.4 Å². The molecule has 1 aliphatic heterocycles. The molecule has 0 bridgehead atoms. The Kier molecular flexibility index (Phi) is 12.7. The molecule has 1 unspecified atom stereocenters. The van der Waals surface area contributed by atoms with E-state index in [2.05, 4.69) is 64.1 Å². The molecule has 5 aromatic rings. The van der Waals surface area contributed by atoms with Crippen molar-refractivity contribution < 1.29 is 19.3 Å². The highest BCUT2D eigenvalue weighted by Crippen LogP contribution is 2.37. The van der Waals surface area contributed by atoms with E-state index < -0.39 is 0 Å². The molecule has 1 saturated heterocycles. The second-order valence-corrected chi connectivity index (χ2v) is 14.2. The van der Waals surface area contributed by atoms with E-state index in [0.717, 1.165) is 82.9 Å². The largest absolute Gasteiger partial charge is 0.493 e. The summed E-state index contributed by atoms with van der Waals surface area (Å²) >= 11 is 6.88. The molecule has 1 N–H and O–H groups in total. The fourth-order valence-corrected chi connectivity index (χ4v) is 6.98. The van der Waals surface area contributed by atoms with Crippen LogP contribution in [-0.4, -0.2) is 69.1 Å². The lowest BCUT2D eigenvalue weighted by atomic mass is 9.93. The molecule has 0 aliphatic carbocycles. The fraction of sp³-hybridized carbons (Fsp3) is 0.357. The molecule has 3 aromatic carbocycles. The summed E-state index contributed by atoms with van der Waals surface area (Å²) in [6.07, 6.45) is 6.72. The standard InChI is InChI=1S/C42H47ClN6O4/c1-29-33(8-5-9-37(29)38-10-6-11-40(30(38)2)51-17-7-14-49-16-13-36(50)26-49)28-53-42-20-41(52-27-32-18-31(21-44)22-45-23-32)34(19-39(42)43)24-47(3)25-35-12-15-48(4)46-35/h5-6,8-12,15,18-20,22-23,36,50H,7,13-14,16-17,24-28H2,1-4H3. The van der Waals surface area contributed by atoms with Gasteiger partial charge in [-0.3, -0.25) is 14.6 Å². The number of aliphatic hydroxyl groups is 1. The van der Waals surface area contributed by atoms with Crippen LogP contribution in [0.5, 0.6) is 17.2 Å². The van der Waals surface area contributed by atoms with E-state index in [9.17, 15) is 10.4 Å². The quantitative estimate of drug-likeness (QED) is 0.105. The van der Waals surface area contributed by atoms with Gasteiger partial charge in [-0.1, -0.05) is 41.9 Å². The van der Waals surface area contributed by atoms with Crippen molar-refractivity contribution >= 4 is 11.6 Å². The minimum atomic E-state index is -0.202. The number of halogens is 1. The van der Waals surface area contributed by atoms with Gasteiger partial charge in [-0.25, -0.2) is 0 Å². The lowest BCUT2D eigenvalue weighted by Crippen LogP contribution is -2.24. The summed E-state index contributed by atoms with van der Waals surface area (Å²) in [5, 5.41) is 24.2. The summed E-state index contributed by atoms with van der Waals surface area (Å²) in [7, 11) is 3.93. The van der Waals surface area contributed by atoms with Crippen LogP contribution in [0.4, 0.5) is 0 Å². The molecule has 1 fully saturated rings. The molecule has 276 valence electrons. The molecule has 1 aliphatic rings. The molecule has 0 amide bonds. The van der Waals surface area contributed by atoms with Gasteiger partial charge in [0.1, 0.15) is 36.5 Å². The zero-order chi connectivity index (χ0) is 37.3. The monoisotopic (exact) mass is 734 g/mol. The van der Waals surface area contributed by atoms with Crippen LogP contribution in [0.1, 0.15) is 51.9 Å². The van der Waals surface area contributed by atoms with Crippen LogP contribution in [0.2, 0.25) is 5.02 Å². The first-order valence-corrected chi connectivity index (χ1v) is 18.4. The van der Waals surface area contributed by atoms with Crippen LogP contribution < -0.4 is 14.2 Å². The van der Waals surface area contributed by atoms with Gasteiger partial charge in [0.2, 0.25) is 0 Å². The molecular weight excluding hydrogens is 688 g/mol. The van der Waals surface area contributed by atoms with Gasteiger partial charge in [-0.15, -0.1) is 0 Å². The third-order valence-corrected chi connectivity index (χ3v) is 9.90. The molecule has 1 atom stereocenters. The summed E-state index contributed by atoms with van der Waals surface area (Å²) in [5.41, 5.74) is 8.61. The van der Waals surface area contributed by atoms with Gasteiger partial charge in [0, 0.05) is 75.6 Å². The molecule has 0 spiro atoms. The topological polar surface area (TPSA) is 109 Å². The fourth-order valence-electron chi connectivity index (χ4n) is 6.74. The van der Waals surface area contributed by atoms with Crippen LogP contribution >= 0.6 is 11.6 Å². The molecule has 11 heteroatoms. The number of β-amino-alcohol motifs (C(OH)–C–C–N with tert-alkyl or cyclic N) is 1. The zero-order valence-corrected chi connectivity index (χ0v) is 31.6. The lowest BCUT2D eigenvalue weighted by Gasteiger charge is -2.20. The van der Waals surface area contributed by atoms with E-state index >= 15 is 0 Å². The number of likely N-dealkylation sites (tertiary alicyclic amines) is 1. The van der Waals surface area contributed by atoms with Crippen LogP contribution in [0, 0.1) is 25.2 Å². The number of nitriles is 1. The van der Waals surface area contributed by atoms with Crippen molar-refractivity contribution in [3.63, 3.8) is 0 Å². The minimum absolute atomic E-state index is 0.202. The maximum atomic E-state index is 9.81. The van der Waals surface area contributed by atoms with Crippen molar-refractivity contribution in [2.24, 2.45) is 7.05 Å². The molecule has 53 heavy (non-hydrogen) atoms. The van der Waals surface area contributed by atoms with Crippen LogP contribution in [0.25, 0.3) is 11.1 Å². The molecule has 0 saturated carbocycles. The Morgan fingerprint density at radius 2 is 1.72 bits per heavy atom. The van der Waals surface area contributed by atoms with Gasteiger partial charge in [0.15, 0.2) is 0 Å². The predicted octanol–water partition coefficient (Wildman–Crippen LogP) is 7.25. The maximum Gasteiger partial charge on any atom is 0.142 e. The van der Waals surface area contributed by atoms with Crippen LogP contribution in [0.15, 0.2) is 79.3 Å². The number of hydrogen-bond acceptors (Lipinski definition) is 9. The van der Waals surface area contributed by atoms with Crippen molar-refractivity contribution in [1.82, 2.24) is 24.6 Å². The summed E-state index contributed by atoms with van der Waals surface area (Å²) in [6.45, 7) is 9.23. The van der Waals surface area contributed by atoms with E-state index in [1.54, 1.807) is 16.9 Å². The highest BCUT2D eigenvalue weighted by molar-refractivity contribution is 6.32. The van der Waals surface area contributed by atoms with Crippen molar-refractivity contribution in [1.29, 1.82) is 5.26 Å². The van der Waals surface area contributed by atoms with E-state index in [1.807, 2.05) is 50.6 Å². The SMILES string of the molecule is Cc1c(COc2cc(OCc3cncc(C#N)c3)c(CN(C)Cc3ccn(C)n3)cc2Cl)cccc1-c1cccc(OCCCN2CCC(O)C2)c1C. The Morgan fingerprint density at radius 1 is 0.925 bits per heavy atom. The number of benzene rings is 3. The second kappa shape index (κ2) is 17.7. The smallest absolute Gasteiger partial charge is 0.142 e. The number of aliphatic hydroxyl groups excluding tert-OH is 1. The molecule has 10 nitrogen and oxygen atoms in total. The first kappa shape index (κ1) is 37.8. The Bertz CT molecular complexity index is 2060. The number of hydrogen-bond donors (Lipinski definition) is 1. The normalized spacial score (nSPS) is 14.4. The number of rotatable bonds is 16. The Hall–Kier alpha value is -4.92. The van der Waals surface area contributed by atoms with E-state index in [0.29, 0.717) is 48.4 Å². The molecule has 6 rings (SSSR count). The maximum absolute atomic E-state index is 9.81. The highest BCUT2D eigenvalue weighted by Gasteiger charge is 2.20. The average Bonchev–Trinajstić information content (AvgIpc) is 3.76. The summed E-state index contributed by atoms with van der Waals surface area (Å²) in [6, 6.07) is 22.1. The molecular formula is C42H47ClN6O4. The van der Waals surface area contributed by atoms with E-state index in [4.69, 9.17) is 25.8 Å². The van der Waals surface area contributed by atoms with Gasteiger partial charge in [0.05, 0.1) is 29.0 Å². The predicted molar refractivity (Wildman–Crippen MR) is 206 cm³/mol. The van der Waals surface area contributed by atoms with Crippen LogP contribution in [0.3, 0.4) is 0 Å². The first-order chi connectivity index (χ1) is 25.7. The van der Waals surface area contributed by atoms with Crippen molar-refractivity contribution in [2.75, 3.05) is 33.3 Å². The van der Waals surface area contributed by atoms with E-state index in [1.165, 1.54) is 6.20 Å². The minimum Gasteiger partial charge on any atom is -0.493 e. The summed E-state index contributed by atoms with van der Waals surface area (Å²) in [5.74, 6) is 2.03. The van der Waals surface area contributed by atoms with Crippen molar-refractivity contribution in [3.8, 4) is 34.4 Å². The number of ether oxygens (including phenoxy) is 3. The summed E-state index contributed by atoms with van der Waals surface area (Å²) in [4.78, 5) is 8.62. The van der Waals surface area contributed by atoms with Gasteiger partial charge < -0.3 is 24.2 Å². The number of nitrogens with zero attached hydrogens (tertiary/aromatic N) is 6. The Labute approximate surface area is 317 Å². The van der Waals surface area contributed by atoms with Gasteiger partial charge >= 0.3 is 0 Å². The third kappa shape index (κ3) is 9.95. The number of aromatic nitrogens is 3. The molecule has 3 heterocycles. The summed E-state index contributed by atoms with van der Waals surface area (Å²) < 4.78 is 20.8. The van der Waals surface area contributed by atoms with Gasteiger partial charge in [0.25, 0.3) is 0 Å². The van der Waals surface area contributed by atoms with Crippen molar-refractivity contribution in [3.05, 3.63) is 123 Å². The van der Waals surface area contributed by atoms with E-state index in [-0.39, 0.29) is 12.7 Å². The average molecular weight is 735 g/mol. The zero-order valence-electron chi connectivity index (χ0n) is 30.9. The number of aryl methyl sites for hydroxylation is 1. The lowest BCUT2D eigenvalue weighted by molar-refractivity contribution is 0.173. The second-order valence-electron chi connectivity index (χ2n) is 13.8. The Morgan fingerprint density at radius 3 is 2.47 bits per heavy atom. The third-order valence-electron chi connectivity index (χ3n) is 9.60. The highest BCUT2D eigenvalue weighted by atomic mass is 35.5. The van der Waals surface area contributed by atoms with Crippen molar-refractivity contribution in [2.45, 2.75) is 59.1 Å². The van der Waals surface area contributed by atoms with Gasteiger partial charge in [-0.2, -0.15) is 10.4 Å². The molecule has 2 aromatic heterocycles. The Balaban J connectivity index is 1.17. The molecule has 0 radical (unpaired) electrons. The number of pyridine rings is 1. The first-order valence-electron chi connectivity index (χ1n) is 18.0.